The van der Waals surface area contributed by atoms with E-state index in [4.69, 9.17) is 18.9 Å². The molecule has 0 saturated heterocycles. The lowest BCUT2D eigenvalue weighted by Crippen LogP contribution is -2.36. The zero-order valence-corrected chi connectivity index (χ0v) is 22.2. The molecule has 36 heavy (non-hydrogen) atoms. The van der Waals surface area contributed by atoms with Gasteiger partial charge in [-0.3, -0.25) is 4.79 Å². The third-order valence-electron chi connectivity index (χ3n) is 6.50. The summed E-state index contributed by atoms with van der Waals surface area (Å²) in [6.07, 6.45) is 1.14. The van der Waals surface area contributed by atoms with Crippen molar-refractivity contribution in [2.75, 3.05) is 27.4 Å². The topological polar surface area (TPSA) is 83.1 Å². The van der Waals surface area contributed by atoms with Crippen molar-refractivity contribution >= 4 is 23.1 Å². The van der Waals surface area contributed by atoms with Crippen LogP contribution >= 0.6 is 11.3 Å². The zero-order valence-electron chi connectivity index (χ0n) is 21.4. The van der Waals surface area contributed by atoms with Crippen molar-refractivity contribution in [1.82, 2.24) is 5.32 Å². The molecule has 8 heteroatoms. The SMILES string of the molecule is COc1ccc([C@@H]2C(C(=O)OCCOC(C)C)=C(C)NC3=C2C(=O)C[C@H](c2cccs2)C3)cc1OC. The highest BCUT2D eigenvalue weighted by Crippen LogP contribution is 2.47. The zero-order chi connectivity index (χ0) is 25.8. The molecule has 1 aliphatic carbocycles. The molecule has 1 aliphatic heterocycles. The third kappa shape index (κ3) is 5.34. The van der Waals surface area contributed by atoms with Gasteiger partial charge in [0.05, 0.1) is 32.5 Å². The van der Waals surface area contributed by atoms with E-state index in [9.17, 15) is 9.59 Å². The number of ether oxygens (including phenoxy) is 4. The Morgan fingerprint density at radius 1 is 1.11 bits per heavy atom. The van der Waals surface area contributed by atoms with Crippen molar-refractivity contribution in [3.8, 4) is 11.5 Å². The predicted molar refractivity (Wildman–Crippen MR) is 138 cm³/mol. The quantitative estimate of drug-likeness (QED) is 0.371. The molecular formula is C28H33NO6S. The number of carbonyl (C=O) groups is 2. The second kappa shape index (κ2) is 11.3. The molecule has 0 amide bonds. The molecule has 2 aliphatic rings. The molecule has 4 rings (SSSR count). The number of esters is 1. The number of allylic oxidation sites excluding steroid dienone is 3. The summed E-state index contributed by atoms with van der Waals surface area (Å²) < 4.78 is 22.1. The molecule has 1 aromatic carbocycles. The van der Waals surface area contributed by atoms with E-state index in [1.807, 2.05) is 44.4 Å². The molecule has 0 radical (unpaired) electrons. The summed E-state index contributed by atoms with van der Waals surface area (Å²) in [4.78, 5) is 28.2. The molecule has 2 aromatic rings. The highest BCUT2D eigenvalue weighted by Gasteiger charge is 2.41. The standard InChI is InChI=1S/C28H33NO6S/c1-16(2)34-10-11-35-28(31)25-17(3)29-20-13-19(24-7-6-12-36-24)14-21(30)27(20)26(25)18-8-9-22(32-4)23(15-18)33-5/h6-9,12,15-16,19,26,29H,10-11,13-14H2,1-5H3/t19-,26-/m1/s1. The molecule has 7 nitrogen and oxygen atoms in total. The first kappa shape index (κ1) is 26.0. The van der Waals surface area contributed by atoms with E-state index in [0.29, 0.717) is 47.8 Å². The van der Waals surface area contributed by atoms with Gasteiger partial charge in [0.15, 0.2) is 17.3 Å². The maximum absolute atomic E-state index is 13.7. The van der Waals surface area contributed by atoms with Crippen molar-refractivity contribution in [3.63, 3.8) is 0 Å². The van der Waals surface area contributed by atoms with Crippen LogP contribution in [0.1, 0.15) is 55.9 Å². The summed E-state index contributed by atoms with van der Waals surface area (Å²) in [5.41, 5.74) is 3.36. The van der Waals surface area contributed by atoms with Crippen LogP contribution < -0.4 is 14.8 Å². The molecule has 0 unspecified atom stereocenters. The van der Waals surface area contributed by atoms with E-state index < -0.39 is 11.9 Å². The molecule has 1 N–H and O–H groups in total. The van der Waals surface area contributed by atoms with E-state index in [1.54, 1.807) is 31.6 Å². The number of hydrogen-bond donors (Lipinski definition) is 1. The minimum absolute atomic E-state index is 0.0304. The number of rotatable bonds is 9. The second-order valence-corrected chi connectivity index (χ2v) is 10.2. The monoisotopic (exact) mass is 511 g/mol. The molecule has 192 valence electrons. The maximum atomic E-state index is 13.7. The van der Waals surface area contributed by atoms with Crippen LogP contribution in [0.4, 0.5) is 0 Å². The number of ketones is 1. The molecule has 1 aromatic heterocycles. The summed E-state index contributed by atoms with van der Waals surface area (Å²) in [7, 11) is 3.14. The molecular weight excluding hydrogens is 478 g/mol. The molecule has 2 heterocycles. The average molecular weight is 512 g/mol. The van der Waals surface area contributed by atoms with Gasteiger partial charge in [-0.2, -0.15) is 0 Å². The fourth-order valence-electron chi connectivity index (χ4n) is 4.90. The van der Waals surface area contributed by atoms with Gasteiger partial charge < -0.3 is 24.3 Å². The van der Waals surface area contributed by atoms with Gasteiger partial charge in [0.2, 0.25) is 0 Å². The normalized spacial score (nSPS) is 19.8. The van der Waals surface area contributed by atoms with Crippen molar-refractivity contribution in [2.24, 2.45) is 0 Å². The van der Waals surface area contributed by atoms with Gasteiger partial charge in [-0.25, -0.2) is 4.79 Å². The third-order valence-corrected chi connectivity index (χ3v) is 7.54. The lowest BCUT2D eigenvalue weighted by atomic mass is 9.72. The van der Waals surface area contributed by atoms with E-state index >= 15 is 0 Å². The fourth-order valence-corrected chi connectivity index (χ4v) is 5.73. The Bertz CT molecular complexity index is 1180. The van der Waals surface area contributed by atoms with Gasteiger partial charge in [-0.05, 0) is 56.3 Å². The summed E-state index contributed by atoms with van der Waals surface area (Å²) in [6.45, 7) is 6.15. The van der Waals surface area contributed by atoms with E-state index in [0.717, 1.165) is 11.3 Å². The Morgan fingerprint density at radius 2 is 1.89 bits per heavy atom. The highest BCUT2D eigenvalue weighted by atomic mass is 32.1. The van der Waals surface area contributed by atoms with Crippen LogP contribution in [0.15, 0.2) is 58.3 Å². The molecule has 0 bridgehead atoms. The number of Topliss-reactive ketones (excluding diaryl/α,β-unsaturated/α-hetero) is 1. The smallest absolute Gasteiger partial charge is 0.336 e. The first-order valence-corrected chi connectivity index (χ1v) is 13.0. The van der Waals surface area contributed by atoms with Crippen LogP contribution in [-0.4, -0.2) is 45.3 Å². The van der Waals surface area contributed by atoms with E-state index in [2.05, 4.69) is 11.4 Å². The van der Waals surface area contributed by atoms with Crippen LogP contribution in [0.5, 0.6) is 11.5 Å². The Kier molecular flexibility index (Phi) is 8.16. The first-order chi connectivity index (χ1) is 17.3. The molecule has 2 atom stereocenters. The fraction of sp³-hybridized carbons (Fsp3) is 0.429. The van der Waals surface area contributed by atoms with Crippen LogP contribution in [0.25, 0.3) is 0 Å². The summed E-state index contributed by atoms with van der Waals surface area (Å²) in [6, 6.07) is 9.60. The van der Waals surface area contributed by atoms with E-state index in [1.165, 1.54) is 4.88 Å². The van der Waals surface area contributed by atoms with Gasteiger partial charge in [-0.1, -0.05) is 12.1 Å². The van der Waals surface area contributed by atoms with Crippen LogP contribution in [0, 0.1) is 0 Å². The number of benzene rings is 1. The number of carbonyl (C=O) groups excluding carboxylic acids is 2. The number of dihydropyridines is 1. The van der Waals surface area contributed by atoms with Crippen LogP contribution in [0.3, 0.4) is 0 Å². The summed E-state index contributed by atoms with van der Waals surface area (Å²) in [5, 5.41) is 5.42. The van der Waals surface area contributed by atoms with Gasteiger partial charge in [0, 0.05) is 40.1 Å². The number of thiophene rings is 1. The second-order valence-electron chi connectivity index (χ2n) is 9.20. The van der Waals surface area contributed by atoms with Crippen molar-refractivity contribution < 1.29 is 28.5 Å². The minimum Gasteiger partial charge on any atom is -0.493 e. The number of nitrogens with one attached hydrogen (secondary N) is 1. The van der Waals surface area contributed by atoms with Gasteiger partial charge in [-0.15, -0.1) is 11.3 Å². The largest absolute Gasteiger partial charge is 0.493 e. The first-order valence-electron chi connectivity index (χ1n) is 12.1. The minimum atomic E-state index is -0.573. The Morgan fingerprint density at radius 3 is 2.56 bits per heavy atom. The lowest BCUT2D eigenvalue weighted by Gasteiger charge is -2.36. The van der Waals surface area contributed by atoms with E-state index in [-0.39, 0.29) is 24.4 Å². The Labute approximate surface area is 216 Å². The molecule has 0 spiro atoms. The van der Waals surface area contributed by atoms with Crippen molar-refractivity contribution in [3.05, 3.63) is 68.7 Å². The summed E-state index contributed by atoms with van der Waals surface area (Å²) in [5.74, 6) is 0.217. The van der Waals surface area contributed by atoms with Crippen LogP contribution in [-0.2, 0) is 19.1 Å². The lowest BCUT2D eigenvalue weighted by molar-refractivity contribution is -0.141. The maximum Gasteiger partial charge on any atom is 0.336 e. The number of methoxy groups -OCH3 is 2. The van der Waals surface area contributed by atoms with Gasteiger partial charge >= 0.3 is 5.97 Å². The Balaban J connectivity index is 1.73. The van der Waals surface area contributed by atoms with Crippen molar-refractivity contribution in [1.29, 1.82) is 0 Å². The Hall–Kier alpha value is -3.10. The van der Waals surface area contributed by atoms with Crippen LogP contribution in [0.2, 0.25) is 0 Å². The van der Waals surface area contributed by atoms with Gasteiger partial charge in [0.25, 0.3) is 0 Å². The molecule has 0 fully saturated rings. The molecule has 0 saturated carbocycles. The van der Waals surface area contributed by atoms with Gasteiger partial charge in [0.1, 0.15) is 6.61 Å². The average Bonchev–Trinajstić information content (AvgIpc) is 3.40. The number of hydrogen-bond acceptors (Lipinski definition) is 8. The predicted octanol–water partition coefficient (Wildman–Crippen LogP) is 5.10. The summed E-state index contributed by atoms with van der Waals surface area (Å²) >= 11 is 1.67. The van der Waals surface area contributed by atoms with Crippen molar-refractivity contribution in [2.45, 2.75) is 51.6 Å². The highest BCUT2D eigenvalue weighted by molar-refractivity contribution is 7.10.